The van der Waals surface area contributed by atoms with Gasteiger partial charge in [0.05, 0.1) is 24.1 Å². The van der Waals surface area contributed by atoms with E-state index in [1.165, 1.54) is 18.7 Å². The Kier molecular flexibility index (Phi) is 7.83. The number of hydrogen-bond acceptors (Lipinski definition) is 5. The van der Waals surface area contributed by atoms with Crippen LogP contribution in [-0.4, -0.2) is 80.6 Å². The molecule has 0 bridgehead atoms. The molecule has 11 heteroatoms. The average molecular weight is 593 g/mol. The molecule has 3 aromatic rings. The molecular formula is C32H35F3N6O2. The van der Waals surface area contributed by atoms with E-state index < -0.39 is 11.9 Å². The lowest BCUT2D eigenvalue weighted by molar-refractivity contribution is -0.139. The number of hydrogen-bond donors (Lipinski definition) is 0. The summed E-state index contributed by atoms with van der Waals surface area (Å²) in [5.41, 5.74) is 2.89. The van der Waals surface area contributed by atoms with Crippen molar-refractivity contribution >= 4 is 28.7 Å². The Bertz CT molecular complexity index is 1620. The minimum Gasteiger partial charge on any atom is -0.339 e. The highest BCUT2D eigenvalue weighted by Crippen LogP contribution is 2.33. The van der Waals surface area contributed by atoms with Gasteiger partial charge in [-0.15, -0.1) is 0 Å². The number of imidazole rings is 1. The van der Waals surface area contributed by atoms with Crippen LogP contribution in [0.1, 0.15) is 65.5 Å². The van der Waals surface area contributed by atoms with Crippen molar-refractivity contribution in [3.8, 4) is 0 Å². The molecule has 6 rings (SSSR count). The molecule has 3 aliphatic rings. The molecule has 226 valence electrons. The molecule has 4 heterocycles. The standard InChI is InChI=1S/C32H35F3N6O2/c1-20-5-3-4-6-23(20)30(42)39-13-15-40(16-14-39)31(43)24-8-7-22(17-21(24)2)18-26-29-38-19-27(41(29)12-11-36-26)25-9-10-37-28(25)32(33,34)35/h7-9,11-12,17,19-20,23H,3-6,10,13-16,18H2,1-2H3/t20-,23-/m0/s1. The Labute approximate surface area is 248 Å². The molecule has 1 aliphatic carbocycles. The molecule has 2 amide bonds. The van der Waals surface area contributed by atoms with Crippen LogP contribution in [0.5, 0.6) is 0 Å². The maximum absolute atomic E-state index is 13.5. The van der Waals surface area contributed by atoms with Crippen molar-refractivity contribution in [2.45, 2.75) is 52.1 Å². The first-order chi connectivity index (χ1) is 20.6. The molecule has 2 atom stereocenters. The summed E-state index contributed by atoms with van der Waals surface area (Å²) in [6.45, 7) is 6.19. The van der Waals surface area contributed by atoms with Crippen LogP contribution < -0.4 is 0 Å². The number of aromatic nitrogens is 3. The molecule has 2 fully saturated rings. The topological polar surface area (TPSA) is 83.2 Å². The normalized spacial score (nSPS) is 21.2. The summed E-state index contributed by atoms with van der Waals surface area (Å²) >= 11 is 0. The zero-order valence-electron chi connectivity index (χ0n) is 24.4. The molecule has 1 saturated carbocycles. The summed E-state index contributed by atoms with van der Waals surface area (Å²) in [5, 5.41) is 0. The molecule has 2 aliphatic heterocycles. The molecule has 1 saturated heterocycles. The number of piperazine rings is 1. The summed E-state index contributed by atoms with van der Waals surface area (Å²) < 4.78 is 42.1. The summed E-state index contributed by atoms with van der Waals surface area (Å²) in [6.07, 6.45) is 6.27. The van der Waals surface area contributed by atoms with E-state index in [-0.39, 0.29) is 29.9 Å². The maximum atomic E-state index is 13.5. The minimum atomic E-state index is -4.54. The van der Waals surface area contributed by atoms with E-state index in [0.29, 0.717) is 61.1 Å². The van der Waals surface area contributed by atoms with Crippen molar-refractivity contribution in [3.05, 3.63) is 70.9 Å². The lowest BCUT2D eigenvalue weighted by Crippen LogP contribution is -2.52. The largest absolute Gasteiger partial charge is 0.433 e. The summed E-state index contributed by atoms with van der Waals surface area (Å²) in [7, 11) is 0. The van der Waals surface area contributed by atoms with Crippen LogP contribution in [0.4, 0.5) is 13.2 Å². The van der Waals surface area contributed by atoms with Gasteiger partial charge in [-0.3, -0.25) is 24.0 Å². The van der Waals surface area contributed by atoms with Gasteiger partial charge in [0.15, 0.2) is 5.65 Å². The highest BCUT2D eigenvalue weighted by molar-refractivity contribution is 6.27. The third-order valence-electron chi connectivity index (χ3n) is 9.05. The SMILES string of the molecule is Cc1cc(Cc2nccn3c(C4=CCN=C4C(F)(F)F)cnc23)ccc1C(=O)N1CCN(C(=O)[C@H]2CCCC[C@@H]2C)CC1. The van der Waals surface area contributed by atoms with Gasteiger partial charge in [-0.25, -0.2) is 4.98 Å². The number of carbonyl (C=O) groups excluding carboxylic acids is 2. The highest BCUT2D eigenvalue weighted by atomic mass is 19.4. The molecule has 0 spiro atoms. The number of carbonyl (C=O) groups is 2. The van der Waals surface area contributed by atoms with Crippen LogP contribution >= 0.6 is 0 Å². The van der Waals surface area contributed by atoms with Crippen molar-refractivity contribution < 1.29 is 22.8 Å². The van der Waals surface area contributed by atoms with E-state index >= 15 is 0 Å². The minimum absolute atomic E-state index is 0.0182. The molecule has 8 nitrogen and oxygen atoms in total. The Balaban J connectivity index is 1.13. The summed E-state index contributed by atoms with van der Waals surface area (Å²) in [6, 6.07) is 5.65. The Morgan fingerprint density at radius 1 is 1.02 bits per heavy atom. The van der Waals surface area contributed by atoms with Gasteiger partial charge in [0.25, 0.3) is 5.91 Å². The quantitative estimate of drug-likeness (QED) is 0.411. The van der Waals surface area contributed by atoms with E-state index in [1.54, 1.807) is 16.8 Å². The molecule has 2 aromatic heterocycles. The number of rotatable bonds is 5. The predicted molar refractivity (Wildman–Crippen MR) is 157 cm³/mol. The van der Waals surface area contributed by atoms with Crippen molar-refractivity contribution in [3.63, 3.8) is 0 Å². The second-order valence-corrected chi connectivity index (χ2v) is 11.8. The van der Waals surface area contributed by atoms with Crippen molar-refractivity contribution in [2.24, 2.45) is 16.8 Å². The Morgan fingerprint density at radius 3 is 2.49 bits per heavy atom. The summed E-state index contributed by atoms with van der Waals surface area (Å²) in [5.74, 6) is 0.709. The number of benzene rings is 1. The van der Waals surface area contributed by atoms with Crippen molar-refractivity contribution in [1.29, 1.82) is 0 Å². The number of nitrogens with zero attached hydrogens (tertiary/aromatic N) is 6. The number of aliphatic imine (C=N–C) groups is 1. The van der Waals surface area contributed by atoms with Gasteiger partial charge < -0.3 is 9.80 Å². The van der Waals surface area contributed by atoms with Gasteiger partial charge in [0, 0.05) is 62.0 Å². The molecule has 43 heavy (non-hydrogen) atoms. The third-order valence-corrected chi connectivity index (χ3v) is 9.05. The van der Waals surface area contributed by atoms with Gasteiger partial charge in [0.1, 0.15) is 5.71 Å². The van der Waals surface area contributed by atoms with Crippen molar-refractivity contribution in [2.75, 3.05) is 32.7 Å². The number of halogens is 3. The smallest absolute Gasteiger partial charge is 0.339 e. The van der Waals surface area contributed by atoms with E-state index in [4.69, 9.17) is 0 Å². The second kappa shape index (κ2) is 11.6. The number of alkyl halides is 3. The Morgan fingerprint density at radius 2 is 1.77 bits per heavy atom. The Hall–Kier alpha value is -4.02. The predicted octanol–water partition coefficient (Wildman–Crippen LogP) is 5.14. The third kappa shape index (κ3) is 5.69. The van der Waals surface area contributed by atoms with E-state index in [1.807, 2.05) is 34.9 Å². The fourth-order valence-corrected chi connectivity index (χ4v) is 6.66. The van der Waals surface area contributed by atoms with Gasteiger partial charge in [0.2, 0.25) is 5.91 Å². The molecule has 0 N–H and O–H groups in total. The second-order valence-electron chi connectivity index (χ2n) is 11.8. The van der Waals surface area contributed by atoms with Crippen LogP contribution in [0.2, 0.25) is 0 Å². The van der Waals surface area contributed by atoms with Crippen LogP contribution in [0.15, 0.2) is 47.9 Å². The van der Waals surface area contributed by atoms with E-state index in [0.717, 1.165) is 30.4 Å². The highest BCUT2D eigenvalue weighted by Gasteiger charge is 2.40. The lowest BCUT2D eigenvalue weighted by Gasteiger charge is -2.38. The average Bonchev–Trinajstić information content (AvgIpc) is 3.65. The first-order valence-electron chi connectivity index (χ1n) is 14.9. The van der Waals surface area contributed by atoms with E-state index in [9.17, 15) is 22.8 Å². The number of amides is 2. The number of allylic oxidation sites excluding steroid dienone is 1. The number of fused-ring (bicyclic) bond motifs is 1. The zero-order valence-corrected chi connectivity index (χ0v) is 24.4. The fourth-order valence-electron chi connectivity index (χ4n) is 6.66. The van der Waals surface area contributed by atoms with Crippen LogP contribution in [0.25, 0.3) is 11.2 Å². The van der Waals surface area contributed by atoms with Crippen LogP contribution in [-0.2, 0) is 11.2 Å². The maximum Gasteiger partial charge on any atom is 0.433 e. The fraction of sp³-hybridized carbons (Fsp3) is 0.469. The first kappa shape index (κ1) is 29.1. The van der Waals surface area contributed by atoms with Crippen LogP contribution in [0, 0.1) is 18.8 Å². The first-order valence-corrected chi connectivity index (χ1v) is 14.9. The number of aryl methyl sites for hydroxylation is 1. The van der Waals surface area contributed by atoms with Gasteiger partial charge in [-0.05, 0) is 42.9 Å². The van der Waals surface area contributed by atoms with Gasteiger partial charge >= 0.3 is 6.18 Å². The van der Waals surface area contributed by atoms with Crippen molar-refractivity contribution in [1.82, 2.24) is 24.2 Å². The lowest BCUT2D eigenvalue weighted by atomic mass is 9.79. The molecule has 0 unspecified atom stereocenters. The summed E-state index contributed by atoms with van der Waals surface area (Å²) in [4.78, 5) is 42.8. The van der Waals surface area contributed by atoms with E-state index in [2.05, 4.69) is 21.9 Å². The zero-order chi connectivity index (χ0) is 30.3. The molecule has 1 aromatic carbocycles. The molecular weight excluding hydrogens is 557 g/mol. The van der Waals surface area contributed by atoms with Crippen LogP contribution in [0.3, 0.4) is 0 Å². The monoisotopic (exact) mass is 592 g/mol. The molecule has 0 radical (unpaired) electrons. The van der Waals surface area contributed by atoms with Gasteiger partial charge in [-0.1, -0.05) is 38.0 Å². The van der Waals surface area contributed by atoms with Gasteiger partial charge in [-0.2, -0.15) is 13.2 Å².